The Bertz CT molecular complexity index is 455. The van der Waals surface area contributed by atoms with E-state index in [1.807, 2.05) is 0 Å². The molecule has 0 radical (unpaired) electrons. The first kappa shape index (κ1) is 10.6. The molecule has 1 fully saturated rings. The SMILES string of the molecule is FC(F)(F)c1ccc2c(c1Br)CCC1OC21. The van der Waals surface area contributed by atoms with Crippen molar-refractivity contribution < 1.29 is 17.9 Å². The van der Waals surface area contributed by atoms with Crippen LogP contribution in [0.3, 0.4) is 0 Å². The van der Waals surface area contributed by atoms with E-state index in [4.69, 9.17) is 4.74 Å². The van der Waals surface area contributed by atoms with E-state index in [0.29, 0.717) is 6.42 Å². The average Bonchev–Trinajstić information content (AvgIpc) is 2.94. The molecule has 5 heteroatoms. The molecule has 0 bridgehead atoms. The van der Waals surface area contributed by atoms with Crippen molar-refractivity contribution in [2.75, 3.05) is 0 Å². The Balaban J connectivity index is 2.12. The number of halogens is 4. The molecular weight excluding hydrogens is 285 g/mol. The molecule has 1 saturated heterocycles. The number of rotatable bonds is 0. The summed E-state index contributed by atoms with van der Waals surface area (Å²) in [5.74, 6) is 0. The second kappa shape index (κ2) is 3.23. The van der Waals surface area contributed by atoms with E-state index in [2.05, 4.69) is 15.9 Å². The van der Waals surface area contributed by atoms with Gasteiger partial charge in [-0.05, 0) is 46.0 Å². The molecule has 1 nitrogen and oxygen atoms in total. The lowest BCUT2D eigenvalue weighted by molar-refractivity contribution is -0.138. The molecule has 1 heterocycles. The molecule has 3 rings (SSSR count). The molecule has 1 aromatic carbocycles. The van der Waals surface area contributed by atoms with Gasteiger partial charge in [0.1, 0.15) is 6.10 Å². The van der Waals surface area contributed by atoms with Crippen LogP contribution in [0.5, 0.6) is 0 Å². The van der Waals surface area contributed by atoms with Gasteiger partial charge in [0.2, 0.25) is 0 Å². The number of fused-ring (bicyclic) bond motifs is 3. The summed E-state index contributed by atoms with van der Waals surface area (Å²) < 4.78 is 43.6. The fraction of sp³-hybridized carbons (Fsp3) is 0.455. The Morgan fingerprint density at radius 3 is 2.75 bits per heavy atom. The van der Waals surface area contributed by atoms with Gasteiger partial charge in [-0.25, -0.2) is 0 Å². The first-order chi connectivity index (χ1) is 7.48. The van der Waals surface area contributed by atoms with Crippen LogP contribution in [-0.2, 0) is 17.3 Å². The van der Waals surface area contributed by atoms with Crippen LogP contribution < -0.4 is 0 Å². The largest absolute Gasteiger partial charge is 0.417 e. The predicted molar refractivity (Wildman–Crippen MR) is 55.1 cm³/mol. The van der Waals surface area contributed by atoms with Crippen LogP contribution in [0.2, 0.25) is 0 Å². The molecule has 0 spiro atoms. The molecule has 2 atom stereocenters. The normalized spacial score (nSPS) is 27.2. The highest BCUT2D eigenvalue weighted by Gasteiger charge is 2.46. The van der Waals surface area contributed by atoms with Crippen molar-refractivity contribution >= 4 is 15.9 Å². The summed E-state index contributed by atoms with van der Waals surface area (Å²) in [6, 6.07) is 2.68. The number of ether oxygens (including phenoxy) is 1. The van der Waals surface area contributed by atoms with Gasteiger partial charge in [-0.15, -0.1) is 0 Å². The van der Waals surface area contributed by atoms with E-state index in [9.17, 15) is 13.2 Å². The number of hydrogen-bond donors (Lipinski definition) is 0. The lowest BCUT2D eigenvalue weighted by atomic mass is 9.90. The van der Waals surface area contributed by atoms with E-state index in [1.54, 1.807) is 6.07 Å². The van der Waals surface area contributed by atoms with Crippen LogP contribution in [-0.4, -0.2) is 6.10 Å². The Morgan fingerprint density at radius 2 is 2.06 bits per heavy atom. The van der Waals surface area contributed by atoms with Crippen LogP contribution in [0.4, 0.5) is 13.2 Å². The first-order valence-electron chi connectivity index (χ1n) is 5.02. The highest BCUT2D eigenvalue weighted by molar-refractivity contribution is 9.10. The minimum atomic E-state index is -4.30. The number of epoxide rings is 1. The summed E-state index contributed by atoms with van der Waals surface area (Å²) in [6.07, 6.45) is -2.56. The third-order valence-corrected chi connectivity index (χ3v) is 4.06. The maximum atomic E-state index is 12.7. The highest BCUT2D eigenvalue weighted by atomic mass is 79.9. The summed E-state index contributed by atoms with van der Waals surface area (Å²) >= 11 is 3.07. The smallest absolute Gasteiger partial charge is 0.364 e. The Hall–Kier alpha value is -0.550. The summed E-state index contributed by atoms with van der Waals surface area (Å²) in [5, 5.41) is 0. The maximum absolute atomic E-state index is 12.7. The zero-order chi connectivity index (χ0) is 11.5. The zero-order valence-corrected chi connectivity index (χ0v) is 9.73. The monoisotopic (exact) mass is 292 g/mol. The van der Waals surface area contributed by atoms with Crippen LogP contribution in [0, 0.1) is 0 Å². The van der Waals surface area contributed by atoms with Gasteiger partial charge in [0.15, 0.2) is 0 Å². The highest BCUT2D eigenvalue weighted by Crippen LogP contribution is 2.50. The molecule has 16 heavy (non-hydrogen) atoms. The van der Waals surface area contributed by atoms with E-state index in [1.165, 1.54) is 0 Å². The molecule has 1 aliphatic carbocycles. The summed E-state index contributed by atoms with van der Waals surface area (Å²) in [5.41, 5.74) is 1.08. The third kappa shape index (κ3) is 1.49. The van der Waals surface area contributed by atoms with Gasteiger partial charge >= 0.3 is 6.18 Å². The van der Waals surface area contributed by atoms with Gasteiger partial charge in [-0.3, -0.25) is 0 Å². The lowest BCUT2D eigenvalue weighted by Crippen LogP contribution is -2.12. The fourth-order valence-electron chi connectivity index (χ4n) is 2.30. The second-order valence-electron chi connectivity index (χ2n) is 4.13. The Morgan fingerprint density at radius 1 is 1.31 bits per heavy atom. The van der Waals surface area contributed by atoms with Gasteiger partial charge in [0, 0.05) is 4.47 Å². The standard InChI is InChI=1S/C11H8BrF3O/c12-9-5-2-4-8-10(16-8)6(5)1-3-7(9)11(13,14)15/h1,3,8,10H,2,4H2. The van der Waals surface area contributed by atoms with E-state index in [0.717, 1.165) is 23.6 Å². The van der Waals surface area contributed by atoms with Crippen molar-refractivity contribution in [2.45, 2.75) is 31.2 Å². The van der Waals surface area contributed by atoms with Crippen molar-refractivity contribution in [2.24, 2.45) is 0 Å². The minimum absolute atomic E-state index is 0.0299. The van der Waals surface area contributed by atoms with Gasteiger partial charge < -0.3 is 4.74 Å². The molecule has 0 aromatic heterocycles. The van der Waals surface area contributed by atoms with Crippen molar-refractivity contribution in [1.29, 1.82) is 0 Å². The van der Waals surface area contributed by atoms with Crippen molar-refractivity contribution in [3.05, 3.63) is 33.3 Å². The van der Waals surface area contributed by atoms with Gasteiger partial charge in [0.05, 0.1) is 11.7 Å². The molecule has 0 saturated carbocycles. The van der Waals surface area contributed by atoms with Crippen LogP contribution in [0.1, 0.15) is 29.2 Å². The molecular formula is C11H8BrF3O. The second-order valence-corrected chi connectivity index (χ2v) is 4.92. The Kier molecular flexibility index (Phi) is 2.14. The van der Waals surface area contributed by atoms with Gasteiger partial charge in [-0.1, -0.05) is 6.07 Å². The maximum Gasteiger partial charge on any atom is 0.417 e. The van der Waals surface area contributed by atoms with Crippen molar-refractivity contribution in [3.63, 3.8) is 0 Å². The topological polar surface area (TPSA) is 12.5 Å². The van der Waals surface area contributed by atoms with E-state index >= 15 is 0 Å². The van der Waals surface area contributed by atoms with Gasteiger partial charge in [0.25, 0.3) is 0 Å². The van der Waals surface area contributed by atoms with Crippen LogP contribution in [0.15, 0.2) is 16.6 Å². The third-order valence-electron chi connectivity index (χ3n) is 3.15. The van der Waals surface area contributed by atoms with E-state index in [-0.39, 0.29) is 16.7 Å². The van der Waals surface area contributed by atoms with Crippen molar-refractivity contribution in [1.82, 2.24) is 0 Å². The lowest BCUT2D eigenvalue weighted by Gasteiger charge is -2.18. The summed E-state index contributed by atoms with van der Waals surface area (Å²) in [7, 11) is 0. The number of hydrogen-bond acceptors (Lipinski definition) is 1. The van der Waals surface area contributed by atoms with Crippen LogP contribution in [0.25, 0.3) is 0 Å². The minimum Gasteiger partial charge on any atom is -0.364 e. The zero-order valence-electron chi connectivity index (χ0n) is 8.14. The predicted octanol–water partition coefficient (Wildman–Crippen LogP) is 3.85. The fourth-order valence-corrected chi connectivity index (χ4v) is 3.08. The molecule has 2 unspecified atom stereocenters. The Labute approximate surface area is 98.7 Å². The molecule has 86 valence electrons. The van der Waals surface area contributed by atoms with Crippen LogP contribution >= 0.6 is 15.9 Å². The quantitative estimate of drug-likeness (QED) is 0.662. The summed E-state index contributed by atoms with van der Waals surface area (Å²) in [6.45, 7) is 0. The molecule has 1 aliphatic heterocycles. The van der Waals surface area contributed by atoms with Crippen molar-refractivity contribution in [3.8, 4) is 0 Å². The van der Waals surface area contributed by atoms with Gasteiger partial charge in [-0.2, -0.15) is 13.2 Å². The molecule has 1 aromatic rings. The molecule has 2 aliphatic rings. The summed E-state index contributed by atoms with van der Waals surface area (Å²) in [4.78, 5) is 0. The number of alkyl halides is 3. The first-order valence-corrected chi connectivity index (χ1v) is 5.81. The average molecular weight is 293 g/mol. The molecule has 0 amide bonds. The van der Waals surface area contributed by atoms with E-state index < -0.39 is 11.7 Å². The molecule has 0 N–H and O–H groups in total. The number of benzene rings is 1.